The molecule has 1 heterocycles. The Labute approximate surface area is 113 Å². The molecule has 9 heteroatoms. The maximum atomic E-state index is 11.3. The molecule has 8 nitrogen and oxygen atoms in total. The lowest BCUT2D eigenvalue weighted by Gasteiger charge is -2.12. The number of hydrogen-bond acceptors (Lipinski definition) is 6. The number of hydrogen-bond donors (Lipinski definition) is 1. The molecular weight excluding hydrogens is 276 g/mol. The fourth-order valence-corrected chi connectivity index (χ4v) is 1.69. The Balaban J connectivity index is 2.10. The zero-order valence-electron chi connectivity index (χ0n) is 10.5. The zero-order chi connectivity index (χ0) is 14.3. The summed E-state index contributed by atoms with van der Waals surface area (Å²) < 4.78 is 18.4. The van der Waals surface area contributed by atoms with E-state index in [4.69, 9.17) is 4.74 Å². The minimum atomic E-state index is -1.09. The third-order valence-electron chi connectivity index (χ3n) is 2.20. The number of rotatable bonds is 8. The van der Waals surface area contributed by atoms with Crippen molar-refractivity contribution >= 4 is 28.8 Å². The Hall–Kier alpha value is -1.32. The van der Waals surface area contributed by atoms with Crippen LogP contribution in [0.4, 0.5) is 0 Å². The van der Waals surface area contributed by atoms with Gasteiger partial charge in [0.15, 0.2) is 0 Å². The van der Waals surface area contributed by atoms with Crippen LogP contribution in [0.15, 0.2) is 0 Å². The molecule has 1 fully saturated rings. The molecule has 0 aromatic rings. The maximum Gasteiger partial charge on any atom is 0.335 e. The van der Waals surface area contributed by atoms with Crippen molar-refractivity contribution in [3.8, 4) is 0 Å². The van der Waals surface area contributed by atoms with E-state index < -0.39 is 28.8 Å². The van der Waals surface area contributed by atoms with Gasteiger partial charge in [-0.3, -0.25) is 9.59 Å². The van der Waals surface area contributed by atoms with Gasteiger partial charge in [0.05, 0.1) is 30.6 Å². The number of nitrogens with one attached hydrogen (secondary N) is 1. The molecule has 1 atom stereocenters. The second kappa shape index (κ2) is 7.97. The number of nitrogens with zero attached hydrogens (tertiary/aromatic N) is 1. The monoisotopic (exact) mass is 292 g/mol. The molecule has 0 spiro atoms. The number of amides is 2. The lowest BCUT2D eigenvalue weighted by atomic mass is 10.4. The number of carbonyl (C=O) groups is 3. The van der Waals surface area contributed by atoms with Crippen LogP contribution in [0.25, 0.3) is 0 Å². The van der Waals surface area contributed by atoms with Gasteiger partial charge in [-0.1, -0.05) is 0 Å². The minimum absolute atomic E-state index is 0.0632. The molecule has 108 valence electrons. The Morgan fingerprint density at radius 2 is 1.95 bits per heavy atom. The number of carbonyl (C=O) groups excluding carboxylic acids is 3. The average molecular weight is 292 g/mol. The van der Waals surface area contributed by atoms with Crippen molar-refractivity contribution in [2.75, 3.05) is 26.0 Å². The smallest absolute Gasteiger partial charge is 0.335 e. The van der Waals surface area contributed by atoms with Gasteiger partial charge in [-0.2, -0.15) is 0 Å². The molecule has 0 saturated carbocycles. The fourth-order valence-electron chi connectivity index (χ4n) is 1.32. The lowest BCUT2D eigenvalue weighted by molar-refractivity contribution is -0.198. The summed E-state index contributed by atoms with van der Waals surface area (Å²) in [5.74, 6) is -1.71. The van der Waals surface area contributed by atoms with E-state index in [1.807, 2.05) is 0 Å². The van der Waals surface area contributed by atoms with Gasteiger partial charge in [-0.05, 0) is 0 Å². The topological polar surface area (TPSA) is 102 Å². The standard InChI is InChI=1S/C10H16N2O6S/c1-19(16)11-5-7-17-6-4-10(15)18-12-8(13)2-3-9(12)14/h11H,2-7H2,1H3. The van der Waals surface area contributed by atoms with E-state index >= 15 is 0 Å². The van der Waals surface area contributed by atoms with Crippen LogP contribution in [0.1, 0.15) is 19.3 Å². The normalized spacial score (nSPS) is 16.8. The third kappa shape index (κ3) is 5.90. The van der Waals surface area contributed by atoms with Crippen molar-refractivity contribution in [2.45, 2.75) is 19.3 Å². The largest absolute Gasteiger partial charge is 0.379 e. The molecule has 1 unspecified atom stereocenters. The summed E-state index contributed by atoms with van der Waals surface area (Å²) >= 11 is 0. The van der Waals surface area contributed by atoms with E-state index in [0.717, 1.165) is 0 Å². The van der Waals surface area contributed by atoms with Crippen molar-refractivity contribution in [2.24, 2.45) is 0 Å². The highest BCUT2D eigenvalue weighted by molar-refractivity contribution is 7.82. The summed E-state index contributed by atoms with van der Waals surface area (Å²) in [6.45, 7) is 0.808. The minimum Gasteiger partial charge on any atom is -0.379 e. The first-order valence-corrected chi connectivity index (χ1v) is 7.27. The average Bonchev–Trinajstić information content (AvgIpc) is 2.65. The molecule has 0 aromatic carbocycles. The third-order valence-corrected chi connectivity index (χ3v) is 2.81. The summed E-state index contributed by atoms with van der Waals surface area (Å²) in [6, 6.07) is 0. The van der Waals surface area contributed by atoms with Crippen LogP contribution in [0.5, 0.6) is 0 Å². The number of imide groups is 1. The van der Waals surface area contributed by atoms with E-state index in [1.165, 1.54) is 6.26 Å². The summed E-state index contributed by atoms with van der Waals surface area (Å²) in [5.41, 5.74) is 0. The van der Waals surface area contributed by atoms with Crippen LogP contribution >= 0.6 is 0 Å². The Morgan fingerprint density at radius 1 is 1.32 bits per heavy atom. The predicted molar refractivity (Wildman–Crippen MR) is 64.7 cm³/mol. The second-order valence-electron chi connectivity index (χ2n) is 3.76. The number of ether oxygens (including phenoxy) is 1. The summed E-state index contributed by atoms with van der Waals surface area (Å²) in [4.78, 5) is 38.3. The molecule has 1 aliphatic rings. The first kappa shape index (κ1) is 15.7. The van der Waals surface area contributed by atoms with Gasteiger partial charge in [0.25, 0.3) is 11.8 Å². The van der Waals surface area contributed by atoms with Crippen LogP contribution in [0, 0.1) is 0 Å². The summed E-state index contributed by atoms with van der Waals surface area (Å²) in [6.07, 6.45) is 1.58. The van der Waals surface area contributed by atoms with Crippen molar-refractivity contribution in [3.63, 3.8) is 0 Å². The van der Waals surface area contributed by atoms with Gasteiger partial charge >= 0.3 is 5.97 Å². The van der Waals surface area contributed by atoms with E-state index in [1.54, 1.807) is 0 Å². The van der Waals surface area contributed by atoms with Gasteiger partial charge in [0, 0.05) is 25.6 Å². The molecule has 1 N–H and O–H groups in total. The molecule has 0 aliphatic carbocycles. The highest BCUT2D eigenvalue weighted by Gasteiger charge is 2.32. The fraction of sp³-hybridized carbons (Fsp3) is 0.700. The van der Waals surface area contributed by atoms with Crippen molar-refractivity contribution < 1.29 is 28.2 Å². The van der Waals surface area contributed by atoms with Crippen LogP contribution in [-0.2, 0) is 34.9 Å². The SMILES string of the molecule is CS(=O)NCCOCCC(=O)ON1C(=O)CCC1=O. The van der Waals surface area contributed by atoms with Gasteiger partial charge in [-0.15, -0.1) is 5.06 Å². The highest BCUT2D eigenvalue weighted by Crippen LogP contribution is 2.12. The first-order chi connectivity index (χ1) is 9.00. The van der Waals surface area contributed by atoms with E-state index in [-0.39, 0.29) is 25.9 Å². The molecule has 1 rings (SSSR count). The van der Waals surface area contributed by atoms with Crippen LogP contribution in [-0.4, -0.2) is 53.1 Å². The zero-order valence-corrected chi connectivity index (χ0v) is 11.4. The molecule has 2 amide bonds. The van der Waals surface area contributed by atoms with Crippen molar-refractivity contribution in [1.29, 1.82) is 0 Å². The van der Waals surface area contributed by atoms with Crippen LogP contribution in [0.3, 0.4) is 0 Å². The highest BCUT2D eigenvalue weighted by atomic mass is 32.2. The maximum absolute atomic E-state index is 11.3. The lowest BCUT2D eigenvalue weighted by Crippen LogP contribution is -2.32. The number of hydroxylamine groups is 2. The molecule has 0 bridgehead atoms. The molecule has 0 radical (unpaired) electrons. The Morgan fingerprint density at radius 3 is 2.53 bits per heavy atom. The summed E-state index contributed by atoms with van der Waals surface area (Å²) in [7, 11) is -1.09. The van der Waals surface area contributed by atoms with Gasteiger partial charge < -0.3 is 9.57 Å². The van der Waals surface area contributed by atoms with E-state index in [9.17, 15) is 18.6 Å². The molecule has 19 heavy (non-hydrogen) atoms. The van der Waals surface area contributed by atoms with Crippen molar-refractivity contribution in [3.05, 3.63) is 0 Å². The van der Waals surface area contributed by atoms with E-state index in [2.05, 4.69) is 9.56 Å². The second-order valence-corrected chi connectivity index (χ2v) is 4.95. The summed E-state index contributed by atoms with van der Waals surface area (Å²) in [5, 5.41) is 0.504. The van der Waals surface area contributed by atoms with Gasteiger partial charge in [-0.25, -0.2) is 13.7 Å². The quantitative estimate of drug-likeness (QED) is 0.449. The van der Waals surface area contributed by atoms with Crippen LogP contribution in [0.2, 0.25) is 0 Å². The van der Waals surface area contributed by atoms with Crippen LogP contribution < -0.4 is 4.72 Å². The molecule has 0 aromatic heterocycles. The molecular formula is C10H16N2O6S. The van der Waals surface area contributed by atoms with Crippen molar-refractivity contribution in [1.82, 2.24) is 9.79 Å². The van der Waals surface area contributed by atoms with Gasteiger partial charge in [0.2, 0.25) is 0 Å². The Bertz CT molecular complexity index is 370. The predicted octanol–water partition coefficient (Wildman–Crippen LogP) is -1.12. The molecule has 1 saturated heterocycles. The Kier molecular flexibility index (Phi) is 6.60. The van der Waals surface area contributed by atoms with Gasteiger partial charge in [0.1, 0.15) is 0 Å². The first-order valence-electron chi connectivity index (χ1n) is 5.72. The van der Waals surface area contributed by atoms with E-state index in [0.29, 0.717) is 18.2 Å². The molecule has 1 aliphatic heterocycles.